The molecule has 0 fully saturated rings. The van der Waals surface area contributed by atoms with Gasteiger partial charge < -0.3 is 5.73 Å². The summed E-state index contributed by atoms with van der Waals surface area (Å²) in [6.07, 6.45) is 1.79. The lowest BCUT2D eigenvalue weighted by atomic mass is 10.0. The average molecular weight is 352 g/mol. The standard InChI is InChI=1S/C16H19BrFN3/c1-2-21(11-13-5-3-4-8-20-13)16(10-19)12-6-7-15(18)14(17)9-12/h3-9,16H,2,10-11,19H2,1H3. The first-order valence-corrected chi connectivity index (χ1v) is 7.74. The van der Waals surface area contributed by atoms with Gasteiger partial charge in [-0.05, 0) is 52.3 Å². The van der Waals surface area contributed by atoms with Crippen molar-refractivity contribution in [1.29, 1.82) is 0 Å². The Labute approximate surface area is 133 Å². The van der Waals surface area contributed by atoms with Gasteiger partial charge in [0.25, 0.3) is 0 Å². The van der Waals surface area contributed by atoms with Gasteiger partial charge in [0.2, 0.25) is 0 Å². The highest BCUT2D eigenvalue weighted by molar-refractivity contribution is 9.10. The summed E-state index contributed by atoms with van der Waals surface area (Å²) in [5.74, 6) is -0.262. The molecule has 1 heterocycles. The molecule has 1 atom stereocenters. The summed E-state index contributed by atoms with van der Waals surface area (Å²) < 4.78 is 13.9. The predicted molar refractivity (Wildman–Crippen MR) is 86.2 cm³/mol. The van der Waals surface area contributed by atoms with E-state index >= 15 is 0 Å². The quantitative estimate of drug-likeness (QED) is 0.865. The van der Waals surface area contributed by atoms with Gasteiger partial charge in [0.15, 0.2) is 0 Å². The zero-order valence-electron chi connectivity index (χ0n) is 12.0. The highest BCUT2D eigenvalue weighted by Crippen LogP contribution is 2.25. The summed E-state index contributed by atoms with van der Waals surface area (Å²) in [5.41, 5.74) is 7.95. The van der Waals surface area contributed by atoms with E-state index in [0.29, 0.717) is 17.6 Å². The van der Waals surface area contributed by atoms with E-state index in [1.165, 1.54) is 6.07 Å². The Hall–Kier alpha value is -1.30. The number of rotatable bonds is 6. The fourth-order valence-corrected chi connectivity index (χ4v) is 2.75. The second-order valence-corrected chi connectivity index (χ2v) is 5.66. The molecule has 2 rings (SSSR count). The molecule has 0 amide bonds. The Balaban J connectivity index is 2.22. The summed E-state index contributed by atoms with van der Waals surface area (Å²) in [6.45, 7) is 4.12. The highest BCUT2D eigenvalue weighted by Gasteiger charge is 2.19. The SMILES string of the molecule is CCN(Cc1ccccn1)C(CN)c1ccc(F)c(Br)c1. The van der Waals surface area contributed by atoms with E-state index in [4.69, 9.17) is 5.73 Å². The largest absolute Gasteiger partial charge is 0.329 e. The van der Waals surface area contributed by atoms with Crippen LogP contribution in [0.2, 0.25) is 0 Å². The van der Waals surface area contributed by atoms with Crippen LogP contribution in [0.4, 0.5) is 4.39 Å². The number of pyridine rings is 1. The van der Waals surface area contributed by atoms with Crippen molar-refractivity contribution < 1.29 is 4.39 Å². The molecule has 0 aliphatic rings. The van der Waals surface area contributed by atoms with Crippen LogP contribution >= 0.6 is 15.9 Å². The maximum Gasteiger partial charge on any atom is 0.137 e. The maximum atomic E-state index is 13.4. The van der Waals surface area contributed by atoms with Crippen molar-refractivity contribution >= 4 is 15.9 Å². The molecule has 0 bridgehead atoms. The molecular formula is C16H19BrFN3. The van der Waals surface area contributed by atoms with Crippen molar-refractivity contribution in [2.45, 2.75) is 19.5 Å². The van der Waals surface area contributed by atoms with Crippen molar-refractivity contribution in [2.75, 3.05) is 13.1 Å². The Morgan fingerprint density at radius 3 is 2.71 bits per heavy atom. The second kappa shape index (κ2) is 7.64. The number of benzene rings is 1. The molecule has 0 spiro atoms. The van der Waals surface area contributed by atoms with Crippen LogP contribution in [-0.2, 0) is 6.54 Å². The molecule has 112 valence electrons. The molecule has 1 unspecified atom stereocenters. The van der Waals surface area contributed by atoms with Gasteiger partial charge >= 0.3 is 0 Å². The van der Waals surface area contributed by atoms with Crippen LogP contribution in [-0.4, -0.2) is 23.0 Å². The Morgan fingerprint density at radius 2 is 2.14 bits per heavy atom. The number of hydrogen-bond donors (Lipinski definition) is 1. The molecule has 2 N–H and O–H groups in total. The van der Waals surface area contributed by atoms with Gasteiger partial charge in [-0.25, -0.2) is 4.39 Å². The van der Waals surface area contributed by atoms with E-state index in [1.807, 2.05) is 18.2 Å². The van der Waals surface area contributed by atoms with Crippen molar-refractivity contribution in [3.63, 3.8) is 0 Å². The van der Waals surface area contributed by atoms with E-state index in [9.17, 15) is 4.39 Å². The molecule has 0 aliphatic heterocycles. The lowest BCUT2D eigenvalue weighted by Crippen LogP contribution is -2.33. The minimum absolute atomic E-state index is 0.0360. The number of hydrogen-bond acceptors (Lipinski definition) is 3. The number of likely N-dealkylation sites (N-methyl/N-ethyl adjacent to an activating group) is 1. The fourth-order valence-electron chi connectivity index (χ4n) is 2.36. The zero-order chi connectivity index (χ0) is 15.2. The van der Waals surface area contributed by atoms with Crippen LogP contribution in [0.25, 0.3) is 0 Å². The van der Waals surface area contributed by atoms with Crippen LogP contribution < -0.4 is 5.73 Å². The lowest BCUT2D eigenvalue weighted by molar-refractivity contribution is 0.201. The van der Waals surface area contributed by atoms with Gasteiger partial charge in [-0.2, -0.15) is 0 Å². The number of halogens is 2. The number of aromatic nitrogens is 1. The van der Waals surface area contributed by atoms with E-state index in [2.05, 4.69) is 32.7 Å². The van der Waals surface area contributed by atoms with E-state index in [1.54, 1.807) is 18.3 Å². The molecule has 1 aromatic carbocycles. The maximum absolute atomic E-state index is 13.4. The Morgan fingerprint density at radius 1 is 1.33 bits per heavy atom. The van der Waals surface area contributed by atoms with Gasteiger partial charge in [-0.15, -0.1) is 0 Å². The van der Waals surface area contributed by atoms with Crippen molar-refractivity contribution in [1.82, 2.24) is 9.88 Å². The first-order chi connectivity index (χ1) is 10.2. The molecule has 0 aliphatic carbocycles. The summed E-state index contributed by atoms with van der Waals surface area (Å²) >= 11 is 3.23. The third-order valence-electron chi connectivity index (χ3n) is 3.49. The lowest BCUT2D eigenvalue weighted by Gasteiger charge is -2.30. The Kier molecular flexibility index (Phi) is 5.85. The molecule has 5 heteroatoms. The summed E-state index contributed by atoms with van der Waals surface area (Å²) in [4.78, 5) is 6.59. The normalized spacial score (nSPS) is 12.6. The molecule has 2 aromatic rings. The van der Waals surface area contributed by atoms with Crippen molar-refractivity contribution in [3.05, 3.63) is 64.1 Å². The summed E-state index contributed by atoms with van der Waals surface area (Å²) in [5, 5.41) is 0. The molecule has 0 radical (unpaired) electrons. The topological polar surface area (TPSA) is 42.2 Å². The van der Waals surface area contributed by atoms with Gasteiger partial charge in [0.1, 0.15) is 5.82 Å². The van der Waals surface area contributed by atoms with Crippen molar-refractivity contribution in [2.24, 2.45) is 5.73 Å². The fraction of sp³-hybridized carbons (Fsp3) is 0.312. The molecular weight excluding hydrogens is 333 g/mol. The van der Waals surface area contributed by atoms with E-state index in [0.717, 1.165) is 17.8 Å². The second-order valence-electron chi connectivity index (χ2n) is 4.81. The summed E-state index contributed by atoms with van der Waals surface area (Å²) in [6, 6.07) is 11.0. The third kappa shape index (κ3) is 4.09. The number of nitrogens with two attached hydrogens (primary N) is 1. The third-order valence-corrected chi connectivity index (χ3v) is 4.10. The van der Waals surface area contributed by atoms with Crippen molar-refractivity contribution in [3.8, 4) is 0 Å². The van der Waals surface area contributed by atoms with Gasteiger partial charge in [-0.3, -0.25) is 9.88 Å². The van der Waals surface area contributed by atoms with Gasteiger partial charge in [0.05, 0.1) is 10.2 Å². The molecule has 3 nitrogen and oxygen atoms in total. The first-order valence-electron chi connectivity index (χ1n) is 6.94. The minimum atomic E-state index is -0.262. The smallest absolute Gasteiger partial charge is 0.137 e. The van der Waals surface area contributed by atoms with E-state index < -0.39 is 0 Å². The number of nitrogens with zero attached hydrogens (tertiary/aromatic N) is 2. The van der Waals surface area contributed by atoms with Gasteiger partial charge in [0, 0.05) is 25.3 Å². The zero-order valence-corrected chi connectivity index (χ0v) is 13.6. The minimum Gasteiger partial charge on any atom is -0.329 e. The monoisotopic (exact) mass is 351 g/mol. The first kappa shape index (κ1) is 16.1. The highest BCUT2D eigenvalue weighted by atomic mass is 79.9. The summed E-state index contributed by atoms with van der Waals surface area (Å²) in [7, 11) is 0. The van der Waals surface area contributed by atoms with Crippen LogP contribution in [0.5, 0.6) is 0 Å². The molecule has 0 saturated carbocycles. The van der Waals surface area contributed by atoms with Crippen LogP contribution in [0.15, 0.2) is 47.1 Å². The predicted octanol–water partition coefficient (Wildman–Crippen LogP) is 3.51. The van der Waals surface area contributed by atoms with Crippen LogP contribution in [0, 0.1) is 5.82 Å². The van der Waals surface area contributed by atoms with Crippen LogP contribution in [0.3, 0.4) is 0 Å². The molecule has 21 heavy (non-hydrogen) atoms. The van der Waals surface area contributed by atoms with E-state index in [-0.39, 0.29) is 11.9 Å². The average Bonchev–Trinajstić information content (AvgIpc) is 2.51. The van der Waals surface area contributed by atoms with Gasteiger partial charge in [-0.1, -0.05) is 19.1 Å². The molecule has 1 aromatic heterocycles. The Bertz CT molecular complexity index is 577. The van der Waals surface area contributed by atoms with Crippen LogP contribution in [0.1, 0.15) is 24.2 Å². The molecule has 0 saturated heterocycles.